The summed E-state index contributed by atoms with van der Waals surface area (Å²) in [6, 6.07) is 8.77. The summed E-state index contributed by atoms with van der Waals surface area (Å²) in [5, 5.41) is 10.8. The van der Waals surface area contributed by atoms with Crippen LogP contribution in [0.25, 0.3) is 0 Å². The fourth-order valence-corrected chi connectivity index (χ4v) is 3.20. The molecular weight excluding hydrogens is 322 g/mol. The third kappa shape index (κ3) is 3.74. The molecule has 2 heterocycles. The van der Waals surface area contributed by atoms with E-state index in [1.54, 1.807) is 4.57 Å². The Bertz CT molecular complexity index is 746. The molecule has 0 amide bonds. The maximum Gasteiger partial charge on any atom is 0.415 e. The highest BCUT2D eigenvalue weighted by Crippen LogP contribution is 2.31. The Balaban J connectivity index is 1.60. The maximum atomic E-state index is 10.8. The van der Waals surface area contributed by atoms with E-state index in [4.69, 9.17) is 4.74 Å². The highest BCUT2D eigenvalue weighted by Gasteiger charge is 2.40. The van der Waals surface area contributed by atoms with Crippen molar-refractivity contribution < 1.29 is 9.66 Å². The number of aromatic nitrogens is 2. The summed E-state index contributed by atoms with van der Waals surface area (Å²) >= 11 is 0. The van der Waals surface area contributed by atoms with Gasteiger partial charge in [0.2, 0.25) is 0 Å². The molecule has 1 aromatic carbocycles. The van der Waals surface area contributed by atoms with Crippen LogP contribution in [0.2, 0.25) is 0 Å². The minimum Gasteiger partial charge on any atom is -0.436 e. The average molecular weight is 345 g/mol. The van der Waals surface area contributed by atoms with Gasteiger partial charge in [-0.2, -0.15) is 0 Å². The van der Waals surface area contributed by atoms with E-state index in [9.17, 15) is 10.1 Å². The summed E-state index contributed by atoms with van der Waals surface area (Å²) in [6.07, 6.45) is 1.43. The van der Waals surface area contributed by atoms with Gasteiger partial charge in [-0.05, 0) is 36.6 Å². The van der Waals surface area contributed by atoms with Gasteiger partial charge in [0.05, 0.1) is 6.54 Å². The van der Waals surface area contributed by atoms with Crippen molar-refractivity contribution in [1.82, 2.24) is 14.5 Å². The van der Waals surface area contributed by atoms with Crippen LogP contribution in [0, 0.1) is 10.1 Å². The van der Waals surface area contributed by atoms with E-state index in [-0.39, 0.29) is 5.82 Å². The lowest BCUT2D eigenvalue weighted by Gasteiger charge is -2.28. The Morgan fingerprint density at radius 2 is 2.00 bits per heavy atom. The first kappa shape index (κ1) is 17.2. The van der Waals surface area contributed by atoms with E-state index in [2.05, 4.69) is 39.0 Å². The van der Waals surface area contributed by atoms with Crippen LogP contribution >= 0.6 is 0 Å². The number of likely N-dealkylation sites (N-methyl/N-ethyl adjacent to an activating group) is 1. The zero-order chi connectivity index (χ0) is 18.2. The van der Waals surface area contributed by atoms with Crippen molar-refractivity contribution >= 4 is 11.5 Å². The molecule has 8 nitrogen and oxygen atoms in total. The molecule has 0 unspecified atom stereocenters. The second kappa shape index (κ2) is 6.36. The van der Waals surface area contributed by atoms with E-state index in [0.717, 1.165) is 6.54 Å². The van der Waals surface area contributed by atoms with E-state index in [1.165, 1.54) is 17.4 Å². The van der Waals surface area contributed by atoms with Crippen molar-refractivity contribution in [2.75, 3.05) is 32.6 Å². The maximum absolute atomic E-state index is 10.8. The molecule has 8 heteroatoms. The van der Waals surface area contributed by atoms with Gasteiger partial charge in [-0.3, -0.25) is 9.47 Å². The van der Waals surface area contributed by atoms with Gasteiger partial charge >= 0.3 is 11.8 Å². The lowest BCUT2D eigenvalue weighted by molar-refractivity contribution is -0.389. The predicted molar refractivity (Wildman–Crippen MR) is 95.0 cm³/mol. The number of nitrogens with zero attached hydrogens (tertiary/aromatic N) is 5. The molecule has 1 aliphatic heterocycles. The highest BCUT2D eigenvalue weighted by molar-refractivity contribution is 5.45. The Morgan fingerprint density at radius 1 is 1.32 bits per heavy atom. The van der Waals surface area contributed by atoms with Crippen molar-refractivity contribution in [2.24, 2.45) is 0 Å². The standard InChI is InChI=1S/C17H23N5O3/c1-17(12-21-10-15(22(23)24)18-16(21)25-17)11-20(4)9-13-5-7-14(8-6-13)19(2)3/h5-8,10H,9,11-12H2,1-4H3/t17-/m0/s1. The van der Waals surface area contributed by atoms with Gasteiger partial charge in [-0.25, -0.2) is 0 Å². The van der Waals surface area contributed by atoms with E-state index in [1.807, 2.05) is 28.1 Å². The van der Waals surface area contributed by atoms with Gasteiger partial charge in [0, 0.05) is 37.9 Å². The summed E-state index contributed by atoms with van der Waals surface area (Å²) in [4.78, 5) is 18.5. The van der Waals surface area contributed by atoms with Crippen LogP contribution in [-0.4, -0.2) is 52.7 Å². The Labute approximate surface area is 146 Å². The second-order valence-corrected chi connectivity index (χ2v) is 7.05. The number of anilines is 1. The normalized spacial score (nSPS) is 18.9. The molecule has 0 spiro atoms. The summed E-state index contributed by atoms with van der Waals surface area (Å²) in [7, 11) is 6.08. The first-order valence-electron chi connectivity index (χ1n) is 8.11. The van der Waals surface area contributed by atoms with Crippen LogP contribution in [0.1, 0.15) is 12.5 Å². The van der Waals surface area contributed by atoms with Gasteiger partial charge < -0.3 is 19.8 Å². The van der Waals surface area contributed by atoms with Gasteiger partial charge in [0.25, 0.3) is 0 Å². The molecule has 134 valence electrons. The average Bonchev–Trinajstić information content (AvgIpc) is 3.02. The smallest absolute Gasteiger partial charge is 0.415 e. The number of imidazole rings is 1. The SMILES string of the molecule is CN(Cc1ccc(N(C)C)cc1)C[C@@]1(C)Cn2cc([N+](=O)[O-])nc2O1. The Morgan fingerprint density at radius 3 is 2.56 bits per heavy atom. The molecule has 1 atom stereocenters. The molecule has 0 N–H and O–H groups in total. The Hall–Kier alpha value is -2.61. The zero-order valence-electron chi connectivity index (χ0n) is 15.0. The van der Waals surface area contributed by atoms with E-state index >= 15 is 0 Å². The third-order valence-electron chi connectivity index (χ3n) is 4.27. The number of fused-ring (bicyclic) bond motifs is 1. The number of rotatable bonds is 6. The number of nitro groups is 1. The van der Waals surface area contributed by atoms with Crippen LogP contribution in [0.3, 0.4) is 0 Å². The molecule has 2 aromatic rings. The van der Waals surface area contributed by atoms with Crippen LogP contribution in [0.15, 0.2) is 30.5 Å². The number of ether oxygens (including phenoxy) is 1. The monoisotopic (exact) mass is 345 g/mol. The Kier molecular flexibility index (Phi) is 4.38. The largest absolute Gasteiger partial charge is 0.436 e. The molecule has 1 aliphatic rings. The summed E-state index contributed by atoms with van der Waals surface area (Å²) < 4.78 is 7.59. The fourth-order valence-electron chi connectivity index (χ4n) is 3.20. The van der Waals surface area contributed by atoms with E-state index in [0.29, 0.717) is 19.1 Å². The second-order valence-electron chi connectivity index (χ2n) is 7.05. The molecule has 3 rings (SSSR count). The molecule has 25 heavy (non-hydrogen) atoms. The first-order chi connectivity index (χ1) is 11.8. The summed E-state index contributed by atoms with van der Waals surface area (Å²) in [6.45, 7) is 4.04. The number of benzene rings is 1. The topological polar surface area (TPSA) is 76.7 Å². The van der Waals surface area contributed by atoms with Gasteiger partial charge in [0.1, 0.15) is 11.8 Å². The van der Waals surface area contributed by atoms with Crippen molar-refractivity contribution in [1.29, 1.82) is 0 Å². The molecule has 0 radical (unpaired) electrons. The predicted octanol–water partition coefficient (Wildman–Crippen LogP) is 2.14. The molecule has 0 fully saturated rings. The van der Waals surface area contributed by atoms with Gasteiger partial charge in [-0.1, -0.05) is 12.1 Å². The third-order valence-corrected chi connectivity index (χ3v) is 4.27. The number of hydrogen-bond donors (Lipinski definition) is 0. The summed E-state index contributed by atoms with van der Waals surface area (Å²) in [5.74, 6) is -0.175. The van der Waals surface area contributed by atoms with Gasteiger partial charge in [-0.15, -0.1) is 0 Å². The number of hydrogen-bond acceptors (Lipinski definition) is 6. The van der Waals surface area contributed by atoms with Crippen molar-refractivity contribution in [3.8, 4) is 6.01 Å². The molecular formula is C17H23N5O3. The van der Waals surface area contributed by atoms with Crippen molar-refractivity contribution in [3.05, 3.63) is 46.1 Å². The lowest BCUT2D eigenvalue weighted by Crippen LogP contribution is -2.43. The molecule has 0 saturated carbocycles. The zero-order valence-corrected chi connectivity index (χ0v) is 15.0. The quantitative estimate of drug-likeness (QED) is 0.590. The van der Waals surface area contributed by atoms with Gasteiger partial charge in [0.15, 0.2) is 0 Å². The molecule has 0 saturated heterocycles. The summed E-state index contributed by atoms with van der Waals surface area (Å²) in [5.41, 5.74) is 1.95. The highest BCUT2D eigenvalue weighted by atomic mass is 16.6. The van der Waals surface area contributed by atoms with Crippen molar-refractivity contribution in [2.45, 2.75) is 25.6 Å². The van der Waals surface area contributed by atoms with Crippen LogP contribution < -0.4 is 9.64 Å². The van der Waals surface area contributed by atoms with Crippen LogP contribution in [-0.2, 0) is 13.1 Å². The van der Waals surface area contributed by atoms with Crippen molar-refractivity contribution in [3.63, 3.8) is 0 Å². The van der Waals surface area contributed by atoms with E-state index < -0.39 is 10.5 Å². The van der Waals surface area contributed by atoms with Crippen LogP contribution in [0.4, 0.5) is 11.5 Å². The first-order valence-corrected chi connectivity index (χ1v) is 8.11. The minimum absolute atomic E-state index is 0.175. The fraction of sp³-hybridized carbons (Fsp3) is 0.471. The molecule has 1 aromatic heterocycles. The molecule has 0 aliphatic carbocycles. The molecule has 0 bridgehead atoms. The minimum atomic E-state index is -0.504. The van der Waals surface area contributed by atoms with Crippen LogP contribution in [0.5, 0.6) is 6.01 Å². The lowest BCUT2D eigenvalue weighted by atomic mass is 10.1.